The van der Waals surface area contributed by atoms with Crippen LogP contribution >= 0.6 is 0 Å². The highest BCUT2D eigenvalue weighted by atomic mass is 19.1. The van der Waals surface area contributed by atoms with Crippen molar-refractivity contribution in [3.8, 4) is 5.75 Å². The molecule has 1 amide bonds. The van der Waals surface area contributed by atoms with Gasteiger partial charge in [-0.15, -0.1) is 0 Å². The highest BCUT2D eigenvalue weighted by Gasteiger charge is 2.35. The zero-order chi connectivity index (χ0) is 17.3. The van der Waals surface area contributed by atoms with Crippen molar-refractivity contribution in [2.45, 2.75) is 18.6 Å². The topological polar surface area (TPSA) is 49.8 Å². The molecule has 2 aromatic carbocycles. The minimum Gasteiger partial charge on any atom is -0.494 e. The minimum absolute atomic E-state index is 0.0584. The van der Waals surface area contributed by atoms with Gasteiger partial charge in [-0.1, -0.05) is 12.1 Å². The third-order valence-electron chi connectivity index (χ3n) is 4.19. The molecule has 0 unspecified atom stereocenters. The van der Waals surface area contributed by atoms with E-state index in [1.165, 1.54) is 36.3 Å². The summed E-state index contributed by atoms with van der Waals surface area (Å²) < 4.78 is 31.8. The Morgan fingerprint density at radius 2 is 1.92 bits per heavy atom. The number of hydrogen-bond donors (Lipinski definition) is 1. The van der Waals surface area contributed by atoms with Crippen LogP contribution in [-0.2, 0) is 0 Å². The van der Waals surface area contributed by atoms with Crippen LogP contribution in [0.25, 0.3) is 0 Å². The second kappa shape index (κ2) is 6.57. The molecule has 0 bridgehead atoms. The van der Waals surface area contributed by atoms with E-state index < -0.39 is 11.9 Å². The van der Waals surface area contributed by atoms with E-state index in [-0.39, 0.29) is 35.6 Å². The van der Waals surface area contributed by atoms with Gasteiger partial charge in [-0.25, -0.2) is 8.78 Å². The molecular formula is C18H17F2NO3. The molecule has 0 aromatic heterocycles. The molecular weight excluding hydrogens is 316 g/mol. The van der Waals surface area contributed by atoms with Crippen molar-refractivity contribution in [1.29, 1.82) is 0 Å². The lowest BCUT2D eigenvalue weighted by molar-refractivity contribution is 0.0715. The Morgan fingerprint density at radius 3 is 2.54 bits per heavy atom. The van der Waals surface area contributed by atoms with E-state index >= 15 is 0 Å². The summed E-state index contributed by atoms with van der Waals surface area (Å²) in [7, 11) is 1.35. The van der Waals surface area contributed by atoms with E-state index in [2.05, 4.69) is 0 Å². The quantitative estimate of drug-likeness (QED) is 0.940. The standard InChI is InChI=1S/C18H17F2NO3/c1-24-17-7-4-12(8-15(17)20)18(23)21-10-14(22)9-16(21)11-2-5-13(19)6-3-11/h2-8,14,16,22H,9-10H2,1H3/t14-,16-/m0/s1. The van der Waals surface area contributed by atoms with Crippen molar-refractivity contribution in [3.63, 3.8) is 0 Å². The zero-order valence-electron chi connectivity index (χ0n) is 13.1. The third kappa shape index (κ3) is 3.10. The SMILES string of the molecule is COc1ccc(C(=O)N2C[C@@H](O)C[C@H]2c2ccc(F)cc2)cc1F. The number of hydrogen-bond acceptors (Lipinski definition) is 3. The number of ether oxygens (including phenoxy) is 1. The molecule has 4 nitrogen and oxygen atoms in total. The highest BCUT2D eigenvalue weighted by Crippen LogP contribution is 2.34. The van der Waals surface area contributed by atoms with Crippen LogP contribution in [0.3, 0.4) is 0 Å². The first kappa shape index (κ1) is 16.4. The maximum absolute atomic E-state index is 13.9. The minimum atomic E-state index is -0.674. The number of methoxy groups -OCH3 is 1. The van der Waals surface area contributed by atoms with E-state index in [1.807, 2.05) is 0 Å². The molecule has 0 aliphatic carbocycles. The Bertz CT molecular complexity index is 748. The Balaban J connectivity index is 1.89. The average molecular weight is 333 g/mol. The van der Waals surface area contributed by atoms with Crippen molar-refractivity contribution in [3.05, 3.63) is 65.2 Å². The van der Waals surface area contributed by atoms with Crippen molar-refractivity contribution in [2.24, 2.45) is 0 Å². The van der Waals surface area contributed by atoms with Crippen molar-refractivity contribution in [2.75, 3.05) is 13.7 Å². The van der Waals surface area contributed by atoms with Crippen LogP contribution in [-0.4, -0.2) is 35.7 Å². The number of nitrogens with zero attached hydrogens (tertiary/aromatic N) is 1. The fourth-order valence-corrected chi connectivity index (χ4v) is 3.00. The lowest BCUT2D eigenvalue weighted by Gasteiger charge is -2.25. The van der Waals surface area contributed by atoms with Gasteiger partial charge < -0.3 is 14.7 Å². The maximum atomic E-state index is 13.9. The van der Waals surface area contributed by atoms with Gasteiger partial charge in [-0.05, 0) is 42.3 Å². The number of likely N-dealkylation sites (tertiary alicyclic amines) is 1. The summed E-state index contributed by atoms with van der Waals surface area (Å²) in [5.41, 5.74) is 0.907. The molecule has 2 aromatic rings. The van der Waals surface area contributed by atoms with Crippen LogP contribution in [0.2, 0.25) is 0 Å². The van der Waals surface area contributed by atoms with Crippen LogP contribution in [0.4, 0.5) is 8.78 Å². The number of aliphatic hydroxyl groups excluding tert-OH is 1. The Hall–Kier alpha value is -2.47. The predicted octanol–water partition coefficient (Wildman–Crippen LogP) is 2.92. The van der Waals surface area contributed by atoms with Crippen molar-refractivity contribution >= 4 is 5.91 Å². The predicted molar refractivity (Wildman–Crippen MR) is 83.8 cm³/mol. The number of amides is 1. The molecule has 24 heavy (non-hydrogen) atoms. The van der Waals surface area contributed by atoms with Gasteiger partial charge in [-0.3, -0.25) is 4.79 Å². The molecule has 126 valence electrons. The summed E-state index contributed by atoms with van der Waals surface area (Å²) in [5, 5.41) is 9.96. The molecule has 1 fully saturated rings. The number of halogens is 2. The van der Waals surface area contributed by atoms with Crippen molar-refractivity contribution in [1.82, 2.24) is 4.90 Å². The Kier molecular flexibility index (Phi) is 4.49. The second-order valence-corrected chi connectivity index (χ2v) is 5.76. The summed E-state index contributed by atoms with van der Waals surface area (Å²) in [6, 6.07) is 9.43. The van der Waals surface area contributed by atoms with E-state index in [9.17, 15) is 18.7 Å². The number of β-amino-alcohol motifs (C(OH)–C–C–N with tert-alkyl or cyclic N) is 1. The lowest BCUT2D eigenvalue weighted by atomic mass is 10.0. The van der Waals surface area contributed by atoms with Crippen LogP contribution in [0.15, 0.2) is 42.5 Å². The molecule has 2 atom stereocenters. The number of aliphatic hydroxyl groups is 1. The molecule has 3 rings (SSSR count). The fourth-order valence-electron chi connectivity index (χ4n) is 3.00. The normalized spacial score (nSPS) is 20.2. The largest absolute Gasteiger partial charge is 0.494 e. The van der Waals surface area contributed by atoms with Crippen LogP contribution in [0.5, 0.6) is 5.75 Å². The van der Waals surface area contributed by atoms with Gasteiger partial charge in [0, 0.05) is 12.1 Å². The number of benzene rings is 2. The molecule has 1 heterocycles. The molecule has 0 radical (unpaired) electrons. The lowest BCUT2D eigenvalue weighted by Crippen LogP contribution is -2.31. The number of carbonyl (C=O) groups is 1. The van der Waals surface area contributed by atoms with Gasteiger partial charge in [0.05, 0.1) is 19.3 Å². The molecule has 1 N–H and O–H groups in total. The smallest absolute Gasteiger partial charge is 0.254 e. The Labute approximate surface area is 138 Å². The van der Waals surface area contributed by atoms with Crippen molar-refractivity contribution < 1.29 is 23.4 Å². The van der Waals surface area contributed by atoms with E-state index in [0.29, 0.717) is 6.42 Å². The molecule has 0 spiro atoms. The number of carbonyl (C=O) groups excluding carboxylic acids is 1. The third-order valence-corrected chi connectivity index (χ3v) is 4.19. The highest BCUT2D eigenvalue weighted by molar-refractivity contribution is 5.95. The second-order valence-electron chi connectivity index (χ2n) is 5.76. The summed E-state index contributed by atoms with van der Waals surface area (Å²) in [5.74, 6) is -1.32. The van der Waals surface area contributed by atoms with Gasteiger partial charge in [0.2, 0.25) is 0 Å². The summed E-state index contributed by atoms with van der Waals surface area (Å²) in [6.45, 7) is 0.147. The van der Waals surface area contributed by atoms with Crippen LogP contribution in [0.1, 0.15) is 28.4 Å². The zero-order valence-corrected chi connectivity index (χ0v) is 13.1. The molecule has 1 saturated heterocycles. The van der Waals surface area contributed by atoms with Gasteiger partial charge in [0.25, 0.3) is 5.91 Å². The van der Waals surface area contributed by atoms with E-state index in [4.69, 9.17) is 4.74 Å². The summed E-state index contributed by atoms with van der Waals surface area (Å²) in [4.78, 5) is 14.2. The summed E-state index contributed by atoms with van der Waals surface area (Å²) in [6.07, 6.45) is -0.317. The first-order valence-corrected chi connectivity index (χ1v) is 7.57. The van der Waals surface area contributed by atoms with Crippen LogP contribution < -0.4 is 4.74 Å². The average Bonchev–Trinajstić information content (AvgIpc) is 2.96. The molecule has 1 aliphatic heterocycles. The molecule has 0 saturated carbocycles. The monoisotopic (exact) mass is 333 g/mol. The fraction of sp³-hybridized carbons (Fsp3) is 0.278. The van der Waals surface area contributed by atoms with Crippen LogP contribution in [0, 0.1) is 11.6 Å². The first-order chi connectivity index (χ1) is 11.5. The van der Waals surface area contributed by atoms with E-state index in [0.717, 1.165) is 11.6 Å². The summed E-state index contributed by atoms with van der Waals surface area (Å²) >= 11 is 0. The number of rotatable bonds is 3. The van der Waals surface area contributed by atoms with E-state index in [1.54, 1.807) is 12.1 Å². The molecule has 1 aliphatic rings. The first-order valence-electron chi connectivity index (χ1n) is 7.57. The Morgan fingerprint density at radius 1 is 1.21 bits per heavy atom. The molecule has 6 heteroatoms. The maximum Gasteiger partial charge on any atom is 0.254 e. The van der Waals surface area contributed by atoms with Gasteiger partial charge in [0.1, 0.15) is 5.82 Å². The van der Waals surface area contributed by atoms with Gasteiger partial charge in [-0.2, -0.15) is 0 Å². The van der Waals surface area contributed by atoms with Gasteiger partial charge in [0.15, 0.2) is 11.6 Å². The van der Waals surface area contributed by atoms with Gasteiger partial charge >= 0.3 is 0 Å².